The first-order valence-electron chi connectivity index (χ1n) is 20.8. The Balaban J connectivity index is 0.927. The molecule has 0 bridgehead atoms. The average molecular weight is 801 g/mol. The smallest absolute Gasteiger partial charge is 0.159 e. The summed E-state index contributed by atoms with van der Waals surface area (Å²) in [6.45, 7) is 0. The van der Waals surface area contributed by atoms with E-state index in [0.717, 1.165) is 78.0 Å². The second-order valence-electron chi connectivity index (χ2n) is 16.0. The number of benzene rings is 9. The van der Waals surface area contributed by atoms with Crippen LogP contribution in [0.15, 0.2) is 208 Å². The third-order valence-electron chi connectivity index (χ3n) is 12.5. The van der Waals surface area contributed by atoms with Crippen molar-refractivity contribution in [2.24, 2.45) is 0 Å². The van der Waals surface area contributed by atoms with Crippen LogP contribution in [0.4, 0.5) is 34.1 Å². The third kappa shape index (κ3) is 5.47. The first-order valence-corrected chi connectivity index (χ1v) is 21.7. The molecule has 13 rings (SSSR count). The Kier molecular flexibility index (Phi) is 7.63. The van der Waals surface area contributed by atoms with Gasteiger partial charge in [-0.2, -0.15) is 0 Å². The van der Waals surface area contributed by atoms with Gasteiger partial charge in [-0.1, -0.05) is 121 Å². The number of para-hydroxylation sites is 6. The predicted octanol–water partition coefficient (Wildman–Crippen LogP) is 14.4. The highest BCUT2D eigenvalue weighted by molar-refractivity contribution is 8.00. The molecule has 0 saturated carbocycles. The van der Waals surface area contributed by atoms with E-state index in [2.05, 4.69) is 204 Å². The lowest BCUT2D eigenvalue weighted by molar-refractivity contribution is 0.668. The molecule has 61 heavy (non-hydrogen) atoms. The highest BCUT2D eigenvalue weighted by Crippen LogP contribution is 2.50. The van der Waals surface area contributed by atoms with Gasteiger partial charge < -0.3 is 18.6 Å². The van der Waals surface area contributed by atoms with Crippen molar-refractivity contribution in [1.29, 1.82) is 0 Å². The largest absolute Gasteiger partial charge is 0.454 e. The maximum Gasteiger partial charge on any atom is 0.159 e. The van der Waals surface area contributed by atoms with Crippen LogP contribution in [-0.4, -0.2) is 5.25 Å². The van der Waals surface area contributed by atoms with Crippen LogP contribution in [0.5, 0.6) is 0 Å². The number of fused-ring (bicyclic) bond motifs is 11. The molecule has 9 aromatic carbocycles. The Labute approximate surface area is 355 Å². The van der Waals surface area contributed by atoms with Gasteiger partial charge in [-0.25, -0.2) is 0 Å². The van der Waals surface area contributed by atoms with Crippen molar-refractivity contribution >= 4 is 113 Å². The number of hydrogen-bond acceptors (Lipinski definition) is 5. The highest BCUT2D eigenvalue weighted by atomic mass is 32.2. The summed E-state index contributed by atoms with van der Waals surface area (Å²) >= 11 is 1.98. The molecule has 0 saturated heterocycles. The Bertz CT molecular complexity index is 3670. The van der Waals surface area contributed by atoms with E-state index >= 15 is 0 Å². The van der Waals surface area contributed by atoms with E-state index in [0.29, 0.717) is 5.25 Å². The van der Waals surface area contributed by atoms with E-state index in [9.17, 15) is 0 Å². The maximum atomic E-state index is 6.59. The van der Waals surface area contributed by atoms with Crippen LogP contribution in [-0.2, 0) is 0 Å². The van der Waals surface area contributed by atoms with E-state index in [-0.39, 0.29) is 5.92 Å². The molecule has 11 aromatic rings. The van der Waals surface area contributed by atoms with Crippen LogP contribution in [0.25, 0.3) is 66.8 Å². The fourth-order valence-corrected chi connectivity index (χ4v) is 11.1. The van der Waals surface area contributed by atoms with Gasteiger partial charge in [-0.15, -0.1) is 11.8 Å². The molecule has 2 aliphatic rings. The van der Waals surface area contributed by atoms with Gasteiger partial charge in [0, 0.05) is 60.4 Å². The average Bonchev–Trinajstić information content (AvgIpc) is 4.00. The topological polar surface area (TPSA) is 32.8 Å². The summed E-state index contributed by atoms with van der Waals surface area (Å²) in [6.07, 6.45) is 4.98. The number of hydrogen-bond donors (Lipinski definition) is 0. The summed E-state index contributed by atoms with van der Waals surface area (Å²) in [5.74, 6) is 0.245. The van der Waals surface area contributed by atoms with Gasteiger partial charge >= 0.3 is 0 Å². The van der Waals surface area contributed by atoms with Crippen molar-refractivity contribution in [3.8, 4) is 0 Å². The van der Waals surface area contributed by atoms with Gasteiger partial charge in [0.25, 0.3) is 0 Å². The summed E-state index contributed by atoms with van der Waals surface area (Å²) in [4.78, 5) is 6.02. The van der Waals surface area contributed by atoms with Crippen molar-refractivity contribution in [3.05, 3.63) is 210 Å². The van der Waals surface area contributed by atoms with Crippen molar-refractivity contribution in [3.63, 3.8) is 0 Å². The van der Waals surface area contributed by atoms with Gasteiger partial charge in [-0.3, -0.25) is 0 Å². The molecule has 0 amide bonds. The van der Waals surface area contributed by atoms with Gasteiger partial charge in [-0.05, 0) is 112 Å². The molecule has 5 heteroatoms. The number of anilines is 6. The van der Waals surface area contributed by atoms with Crippen LogP contribution in [0.2, 0.25) is 0 Å². The summed E-state index contributed by atoms with van der Waals surface area (Å²) in [7, 11) is 0. The van der Waals surface area contributed by atoms with Gasteiger partial charge in [0.05, 0.1) is 11.4 Å². The monoisotopic (exact) mass is 800 g/mol. The number of furan rings is 2. The van der Waals surface area contributed by atoms with Crippen LogP contribution >= 0.6 is 11.8 Å². The summed E-state index contributed by atoms with van der Waals surface area (Å²) < 4.78 is 13.2. The lowest BCUT2D eigenvalue weighted by Gasteiger charge is -2.26. The normalized spacial score (nSPS) is 15.4. The molecule has 3 heterocycles. The van der Waals surface area contributed by atoms with Gasteiger partial charge in [0.2, 0.25) is 0 Å². The Morgan fingerprint density at radius 3 is 1.59 bits per heavy atom. The molecule has 0 radical (unpaired) electrons. The van der Waals surface area contributed by atoms with Crippen molar-refractivity contribution < 1.29 is 8.83 Å². The molecule has 2 unspecified atom stereocenters. The summed E-state index contributed by atoms with van der Waals surface area (Å²) in [6, 6.07) is 69.4. The second-order valence-corrected chi connectivity index (χ2v) is 17.2. The quantitative estimate of drug-likeness (QED) is 0.167. The zero-order valence-corrected chi connectivity index (χ0v) is 33.7. The van der Waals surface area contributed by atoms with Gasteiger partial charge in [0.15, 0.2) is 11.2 Å². The standard InChI is InChI=1S/C56H36N2O2S/c1-3-13-39(14-4-1)57(49-21-11-19-45-43-17-7-9-23-51(43)59-55(45)49)41-27-25-35-33-53-47(31-37(35)29-41)48-32-38-30-42(28-26-36(38)34-54(48)61-53)58(40-15-5-2-6-16-40)50-22-12-20-46-44-18-8-10-24-52(44)60-56(46)50/h1-34,47,53H. The predicted molar refractivity (Wildman–Crippen MR) is 255 cm³/mol. The third-order valence-corrected chi connectivity index (χ3v) is 13.8. The fraction of sp³-hybridized carbons (Fsp3) is 0.0357. The molecule has 2 atom stereocenters. The van der Waals surface area contributed by atoms with E-state index in [1.807, 2.05) is 23.9 Å². The first-order chi connectivity index (χ1) is 30.2. The molecule has 0 fully saturated rings. The highest BCUT2D eigenvalue weighted by Gasteiger charge is 2.33. The maximum absolute atomic E-state index is 6.59. The van der Waals surface area contributed by atoms with E-state index in [1.165, 1.54) is 31.7 Å². The zero-order chi connectivity index (χ0) is 40.0. The molecule has 0 spiro atoms. The van der Waals surface area contributed by atoms with Gasteiger partial charge in [0.1, 0.15) is 11.2 Å². The Morgan fingerprint density at radius 1 is 0.393 bits per heavy atom. The zero-order valence-electron chi connectivity index (χ0n) is 32.9. The van der Waals surface area contributed by atoms with Crippen LogP contribution in [0.1, 0.15) is 11.5 Å². The van der Waals surface area contributed by atoms with Crippen LogP contribution in [0, 0.1) is 0 Å². The fourth-order valence-electron chi connectivity index (χ4n) is 9.70. The van der Waals surface area contributed by atoms with Crippen molar-refractivity contribution in [1.82, 2.24) is 0 Å². The minimum atomic E-state index is 0.245. The molecule has 1 aliphatic carbocycles. The first kappa shape index (κ1) is 34.4. The minimum absolute atomic E-state index is 0.245. The molecule has 2 aromatic heterocycles. The number of nitrogens with zero attached hydrogens (tertiary/aromatic N) is 2. The molecule has 1 aliphatic heterocycles. The number of thioether (sulfide) groups is 1. The van der Waals surface area contributed by atoms with Crippen molar-refractivity contribution in [2.75, 3.05) is 9.80 Å². The van der Waals surface area contributed by atoms with E-state index < -0.39 is 0 Å². The molecule has 0 N–H and O–H groups in total. The second kappa shape index (κ2) is 13.5. The van der Waals surface area contributed by atoms with Crippen LogP contribution < -0.4 is 20.2 Å². The summed E-state index contributed by atoms with van der Waals surface area (Å²) in [5, 5.41) is 9.77. The molecule has 4 nitrogen and oxygen atoms in total. The number of rotatable bonds is 6. The molecule has 288 valence electrons. The molecular formula is C56H36N2O2S. The Morgan fingerprint density at radius 2 is 0.951 bits per heavy atom. The minimum Gasteiger partial charge on any atom is -0.454 e. The lowest BCUT2D eigenvalue weighted by Crippen LogP contribution is -2.32. The van der Waals surface area contributed by atoms with Crippen LogP contribution in [0.3, 0.4) is 0 Å². The lowest BCUT2D eigenvalue weighted by atomic mass is 9.89. The molecular weight excluding hydrogens is 765 g/mol. The van der Waals surface area contributed by atoms with E-state index in [4.69, 9.17) is 8.83 Å². The van der Waals surface area contributed by atoms with E-state index in [1.54, 1.807) is 0 Å². The SMILES string of the molecule is C1=c2ccc(N(c3ccccc3)c3cccc4c3oc3ccccc34)cc2=CC2c3cc4cc(N(c5ccccc5)c5cccc6c5oc5ccccc56)ccc4cc3SC12. The summed E-state index contributed by atoms with van der Waals surface area (Å²) in [5.41, 5.74) is 11.3. The Hall–Kier alpha value is -7.47. The van der Waals surface area contributed by atoms with Crippen molar-refractivity contribution in [2.45, 2.75) is 16.1 Å².